The van der Waals surface area contributed by atoms with Gasteiger partial charge in [0.15, 0.2) is 0 Å². The fourth-order valence-electron chi connectivity index (χ4n) is 3.29. The van der Waals surface area contributed by atoms with Crippen LogP contribution in [0.15, 0.2) is 48.5 Å². The first-order valence-electron chi connectivity index (χ1n) is 8.30. The molecule has 2 aromatic carbocycles. The van der Waals surface area contributed by atoms with Gasteiger partial charge in [-0.25, -0.2) is 0 Å². The lowest BCUT2D eigenvalue weighted by molar-refractivity contribution is -0.141. The van der Waals surface area contributed by atoms with Crippen molar-refractivity contribution in [1.82, 2.24) is 10.2 Å². The Hall–Kier alpha value is -2.62. The molecule has 4 nitrogen and oxygen atoms in total. The number of nitrogens with zero attached hydrogens (tertiary/aromatic N) is 1. The zero-order valence-electron chi connectivity index (χ0n) is 14.1. The summed E-state index contributed by atoms with van der Waals surface area (Å²) in [5.41, 5.74) is 4.10. The Bertz CT molecular complexity index is 770. The summed E-state index contributed by atoms with van der Waals surface area (Å²) >= 11 is 0. The molecule has 3 rings (SSSR count). The zero-order valence-corrected chi connectivity index (χ0v) is 14.1. The van der Waals surface area contributed by atoms with Crippen molar-refractivity contribution in [1.29, 1.82) is 0 Å². The Labute approximate surface area is 142 Å². The van der Waals surface area contributed by atoms with E-state index in [9.17, 15) is 9.59 Å². The summed E-state index contributed by atoms with van der Waals surface area (Å²) in [5, 5.41) is 2.99. The van der Waals surface area contributed by atoms with Gasteiger partial charge in [-0.05, 0) is 30.5 Å². The molecule has 0 unspecified atom stereocenters. The number of hydrogen-bond acceptors (Lipinski definition) is 2. The Morgan fingerprint density at radius 2 is 2.00 bits per heavy atom. The molecule has 0 fully saturated rings. The van der Waals surface area contributed by atoms with E-state index in [0.717, 1.165) is 22.3 Å². The zero-order chi connectivity index (χ0) is 17.1. The Balaban J connectivity index is 1.82. The van der Waals surface area contributed by atoms with Crippen LogP contribution >= 0.6 is 0 Å². The molecule has 1 heterocycles. The normalized spacial score (nSPS) is 16.7. The van der Waals surface area contributed by atoms with Crippen LogP contribution in [0.3, 0.4) is 0 Å². The highest BCUT2D eigenvalue weighted by Gasteiger charge is 2.35. The standard InChI is InChI=1S/C20H22N2O2/c1-3-22-18(23)12-16-9-4-5-10-17(16)19(22)20(24)21-13-15-8-6-7-14(2)11-15/h4-11,19H,3,12-13H2,1-2H3,(H,21,24)/t19-/m1/s1. The van der Waals surface area contributed by atoms with Crippen LogP contribution in [0.2, 0.25) is 0 Å². The summed E-state index contributed by atoms with van der Waals surface area (Å²) in [7, 11) is 0. The number of fused-ring (bicyclic) bond motifs is 1. The first-order chi connectivity index (χ1) is 11.6. The summed E-state index contributed by atoms with van der Waals surface area (Å²) in [6, 6.07) is 15.2. The van der Waals surface area contributed by atoms with Gasteiger partial charge in [-0.2, -0.15) is 0 Å². The summed E-state index contributed by atoms with van der Waals surface area (Å²) in [4.78, 5) is 26.9. The molecule has 1 N–H and O–H groups in total. The first-order valence-corrected chi connectivity index (χ1v) is 8.30. The van der Waals surface area contributed by atoms with Crippen LogP contribution in [0, 0.1) is 6.92 Å². The van der Waals surface area contributed by atoms with Gasteiger partial charge in [0.1, 0.15) is 6.04 Å². The van der Waals surface area contributed by atoms with Crippen LogP contribution in [0.4, 0.5) is 0 Å². The summed E-state index contributed by atoms with van der Waals surface area (Å²) in [6.07, 6.45) is 0.367. The second-order valence-electron chi connectivity index (χ2n) is 6.16. The third-order valence-electron chi connectivity index (χ3n) is 4.46. The van der Waals surface area contributed by atoms with Gasteiger partial charge in [0.2, 0.25) is 11.8 Å². The molecule has 1 aliphatic heterocycles. The minimum absolute atomic E-state index is 0.00639. The van der Waals surface area contributed by atoms with E-state index in [-0.39, 0.29) is 11.8 Å². The van der Waals surface area contributed by atoms with E-state index in [0.29, 0.717) is 19.5 Å². The van der Waals surface area contributed by atoms with E-state index in [1.807, 2.05) is 56.3 Å². The topological polar surface area (TPSA) is 49.4 Å². The van der Waals surface area contributed by atoms with E-state index in [1.165, 1.54) is 0 Å². The highest BCUT2D eigenvalue weighted by atomic mass is 16.2. The van der Waals surface area contributed by atoms with Crippen LogP contribution in [0.1, 0.15) is 35.2 Å². The molecule has 2 amide bonds. The van der Waals surface area contributed by atoms with Crippen LogP contribution in [0.25, 0.3) is 0 Å². The van der Waals surface area contributed by atoms with E-state index in [2.05, 4.69) is 11.4 Å². The quantitative estimate of drug-likeness (QED) is 0.941. The molecule has 0 spiro atoms. The van der Waals surface area contributed by atoms with Gasteiger partial charge in [-0.15, -0.1) is 0 Å². The van der Waals surface area contributed by atoms with Crippen molar-refractivity contribution in [2.75, 3.05) is 6.54 Å². The smallest absolute Gasteiger partial charge is 0.247 e. The van der Waals surface area contributed by atoms with Gasteiger partial charge in [0, 0.05) is 13.1 Å². The highest BCUT2D eigenvalue weighted by Crippen LogP contribution is 2.30. The fraction of sp³-hybridized carbons (Fsp3) is 0.300. The Kier molecular flexibility index (Phi) is 4.65. The molecule has 1 aliphatic rings. The number of likely N-dealkylation sites (N-methyl/N-ethyl adjacent to an activating group) is 1. The van der Waals surface area contributed by atoms with Crippen molar-refractivity contribution in [2.45, 2.75) is 32.9 Å². The number of aryl methyl sites for hydroxylation is 1. The van der Waals surface area contributed by atoms with Gasteiger partial charge in [0.05, 0.1) is 6.42 Å². The second kappa shape index (κ2) is 6.87. The minimum atomic E-state index is -0.544. The van der Waals surface area contributed by atoms with E-state index in [1.54, 1.807) is 4.90 Å². The average molecular weight is 322 g/mol. The molecule has 0 aromatic heterocycles. The minimum Gasteiger partial charge on any atom is -0.350 e. The van der Waals surface area contributed by atoms with Crippen molar-refractivity contribution in [3.63, 3.8) is 0 Å². The van der Waals surface area contributed by atoms with Crippen molar-refractivity contribution in [2.24, 2.45) is 0 Å². The van der Waals surface area contributed by atoms with Crippen molar-refractivity contribution >= 4 is 11.8 Å². The molecule has 0 saturated carbocycles. The number of rotatable bonds is 4. The molecule has 2 aromatic rings. The molecule has 0 saturated heterocycles. The average Bonchev–Trinajstić information content (AvgIpc) is 2.58. The fourth-order valence-corrected chi connectivity index (χ4v) is 3.29. The molecular weight excluding hydrogens is 300 g/mol. The van der Waals surface area contributed by atoms with Crippen molar-refractivity contribution < 1.29 is 9.59 Å². The maximum Gasteiger partial charge on any atom is 0.247 e. The lowest BCUT2D eigenvalue weighted by atomic mass is 9.91. The number of carbonyl (C=O) groups excluding carboxylic acids is 2. The molecule has 1 atom stereocenters. The Morgan fingerprint density at radius 1 is 1.21 bits per heavy atom. The third kappa shape index (κ3) is 3.18. The van der Waals surface area contributed by atoms with Crippen molar-refractivity contribution in [3.8, 4) is 0 Å². The number of hydrogen-bond donors (Lipinski definition) is 1. The summed E-state index contributed by atoms with van der Waals surface area (Å²) in [5.74, 6) is -0.120. The molecule has 0 aliphatic carbocycles. The predicted molar refractivity (Wildman–Crippen MR) is 93.3 cm³/mol. The van der Waals surface area contributed by atoms with Gasteiger partial charge >= 0.3 is 0 Å². The van der Waals surface area contributed by atoms with Crippen LogP contribution in [-0.2, 0) is 22.6 Å². The lowest BCUT2D eigenvalue weighted by Crippen LogP contribution is -2.47. The summed E-state index contributed by atoms with van der Waals surface area (Å²) < 4.78 is 0. The SMILES string of the molecule is CCN1C(=O)Cc2ccccc2[C@@H]1C(=O)NCc1cccc(C)c1. The number of amides is 2. The number of carbonyl (C=O) groups is 2. The largest absolute Gasteiger partial charge is 0.350 e. The molecule has 0 bridgehead atoms. The molecular formula is C20H22N2O2. The van der Waals surface area contributed by atoms with E-state index >= 15 is 0 Å². The maximum atomic E-state index is 12.8. The predicted octanol–water partition coefficient (Wildman–Crippen LogP) is 2.76. The second-order valence-corrected chi connectivity index (χ2v) is 6.16. The Morgan fingerprint density at radius 3 is 2.75 bits per heavy atom. The molecule has 0 radical (unpaired) electrons. The maximum absolute atomic E-state index is 12.8. The van der Waals surface area contributed by atoms with Crippen LogP contribution in [0.5, 0.6) is 0 Å². The third-order valence-corrected chi connectivity index (χ3v) is 4.46. The molecule has 4 heteroatoms. The summed E-state index contributed by atoms with van der Waals surface area (Å²) in [6.45, 7) is 4.92. The monoisotopic (exact) mass is 322 g/mol. The van der Waals surface area contributed by atoms with Gasteiger partial charge in [-0.3, -0.25) is 9.59 Å². The van der Waals surface area contributed by atoms with Crippen LogP contribution in [-0.4, -0.2) is 23.3 Å². The number of benzene rings is 2. The van der Waals surface area contributed by atoms with Crippen molar-refractivity contribution in [3.05, 3.63) is 70.8 Å². The van der Waals surface area contributed by atoms with Gasteiger partial charge in [-0.1, -0.05) is 54.1 Å². The van der Waals surface area contributed by atoms with Gasteiger partial charge < -0.3 is 10.2 Å². The van der Waals surface area contributed by atoms with E-state index < -0.39 is 6.04 Å². The highest BCUT2D eigenvalue weighted by molar-refractivity contribution is 5.92. The van der Waals surface area contributed by atoms with E-state index in [4.69, 9.17) is 0 Å². The molecule has 124 valence electrons. The number of nitrogens with one attached hydrogen (secondary N) is 1. The molecule has 24 heavy (non-hydrogen) atoms. The first kappa shape index (κ1) is 16.2. The lowest BCUT2D eigenvalue weighted by Gasteiger charge is -2.35. The van der Waals surface area contributed by atoms with Crippen LogP contribution < -0.4 is 5.32 Å². The van der Waals surface area contributed by atoms with Gasteiger partial charge in [0.25, 0.3) is 0 Å².